The fourth-order valence-electron chi connectivity index (χ4n) is 5.73. The summed E-state index contributed by atoms with van der Waals surface area (Å²) in [5.74, 6) is 1.38. The van der Waals surface area contributed by atoms with Gasteiger partial charge in [0, 0.05) is 12.3 Å². The Morgan fingerprint density at radius 2 is 1.54 bits per heavy atom. The third kappa shape index (κ3) is 5.92. The van der Waals surface area contributed by atoms with E-state index >= 15 is 0 Å². The third-order valence-electron chi connectivity index (χ3n) is 8.28. The number of hydrogen-bond acceptors (Lipinski definition) is 9. The van der Waals surface area contributed by atoms with E-state index in [1.54, 1.807) is 39.0 Å². The van der Waals surface area contributed by atoms with Crippen molar-refractivity contribution in [2.75, 3.05) is 26.1 Å². The Bertz CT molecular complexity index is 1730. The van der Waals surface area contributed by atoms with Crippen LogP contribution in [0.5, 0.6) is 11.5 Å². The number of aliphatic hydroxyl groups excluding tert-OH is 1. The summed E-state index contributed by atoms with van der Waals surface area (Å²) in [5, 5.41) is 14.1. The number of rotatable bonds is 11. The molecule has 5 aromatic rings. The lowest BCUT2D eigenvalue weighted by atomic mass is 9.80. The Labute approximate surface area is 267 Å². The van der Waals surface area contributed by atoms with Crippen molar-refractivity contribution in [2.45, 2.75) is 44.3 Å². The molecule has 2 N–H and O–H groups in total. The fourth-order valence-corrected chi connectivity index (χ4v) is 5.73. The first-order chi connectivity index (χ1) is 22.3. The molecule has 238 valence electrons. The zero-order valence-corrected chi connectivity index (χ0v) is 26.2. The van der Waals surface area contributed by atoms with Crippen molar-refractivity contribution < 1.29 is 28.8 Å². The van der Waals surface area contributed by atoms with Crippen LogP contribution in [0.4, 0.5) is 5.82 Å². The standard InChI is InChI=1S/C35H37N5O6/c1-22(2)34(42)39-32-31-33(37-20-36-32)40(21-38-31)30-18-28(41)29(46-30)19-45-35(23-8-6-5-7-9-23,24-10-14-26(43-3)15-11-24)25-12-16-27(44-4)17-13-25/h5-17,20-22,28-30,41H,18-19H2,1-4H3,(H,36,37,39,42)/t28-,29-,30-/m1/s1. The van der Waals surface area contributed by atoms with Gasteiger partial charge in [0.25, 0.3) is 0 Å². The summed E-state index contributed by atoms with van der Waals surface area (Å²) < 4.78 is 26.0. The first-order valence-corrected chi connectivity index (χ1v) is 15.1. The van der Waals surface area contributed by atoms with Crippen LogP contribution in [0.1, 0.15) is 43.2 Å². The maximum absolute atomic E-state index is 12.3. The van der Waals surface area contributed by atoms with E-state index in [1.165, 1.54) is 6.33 Å². The van der Waals surface area contributed by atoms with Gasteiger partial charge in [-0.3, -0.25) is 9.36 Å². The Kier molecular flexibility index (Phi) is 8.98. The van der Waals surface area contributed by atoms with Crippen LogP contribution in [0.2, 0.25) is 0 Å². The minimum absolute atomic E-state index is 0.0714. The average Bonchev–Trinajstić information content (AvgIpc) is 3.69. The summed E-state index contributed by atoms with van der Waals surface area (Å²) in [6.07, 6.45) is 1.20. The zero-order chi connectivity index (χ0) is 32.3. The van der Waals surface area contributed by atoms with Crippen molar-refractivity contribution in [1.82, 2.24) is 19.5 Å². The quantitative estimate of drug-likeness (QED) is 0.193. The van der Waals surface area contributed by atoms with Gasteiger partial charge in [-0.05, 0) is 41.0 Å². The minimum atomic E-state index is -1.06. The van der Waals surface area contributed by atoms with Gasteiger partial charge in [0.1, 0.15) is 35.8 Å². The molecule has 0 aliphatic carbocycles. The Hall–Kier alpha value is -4.84. The molecule has 11 heteroatoms. The number of carbonyl (C=O) groups excluding carboxylic acids is 1. The molecule has 0 saturated carbocycles. The molecule has 3 atom stereocenters. The monoisotopic (exact) mass is 623 g/mol. The first kappa shape index (κ1) is 31.2. The molecule has 3 heterocycles. The van der Waals surface area contributed by atoms with Crippen LogP contribution in [0.15, 0.2) is 91.5 Å². The third-order valence-corrected chi connectivity index (χ3v) is 8.28. The number of aliphatic hydroxyl groups is 1. The molecule has 0 unspecified atom stereocenters. The summed E-state index contributed by atoms with van der Waals surface area (Å²) in [4.78, 5) is 25.4. The second kappa shape index (κ2) is 13.3. The topological polar surface area (TPSA) is 130 Å². The molecule has 11 nitrogen and oxygen atoms in total. The van der Waals surface area contributed by atoms with Gasteiger partial charge in [0.05, 0.1) is 33.3 Å². The number of amides is 1. The predicted octanol–water partition coefficient (Wildman–Crippen LogP) is 5.10. The van der Waals surface area contributed by atoms with E-state index in [-0.39, 0.29) is 18.4 Å². The van der Waals surface area contributed by atoms with Crippen LogP contribution in [0.3, 0.4) is 0 Å². The highest BCUT2D eigenvalue weighted by Gasteiger charge is 2.42. The molecule has 2 aromatic heterocycles. The Balaban J connectivity index is 1.32. The molecule has 0 bridgehead atoms. The first-order valence-electron chi connectivity index (χ1n) is 15.1. The van der Waals surface area contributed by atoms with Gasteiger partial charge in [-0.15, -0.1) is 0 Å². The van der Waals surface area contributed by atoms with Gasteiger partial charge in [0.15, 0.2) is 17.0 Å². The molecular weight excluding hydrogens is 586 g/mol. The molecule has 1 fully saturated rings. The van der Waals surface area contributed by atoms with Crippen LogP contribution >= 0.6 is 0 Å². The van der Waals surface area contributed by atoms with Crippen molar-refractivity contribution in [1.29, 1.82) is 0 Å². The predicted molar refractivity (Wildman–Crippen MR) is 172 cm³/mol. The number of imidazole rings is 1. The smallest absolute Gasteiger partial charge is 0.228 e. The van der Waals surface area contributed by atoms with Crippen LogP contribution in [-0.2, 0) is 19.9 Å². The van der Waals surface area contributed by atoms with Crippen LogP contribution in [0.25, 0.3) is 11.2 Å². The maximum Gasteiger partial charge on any atom is 0.228 e. The number of hydrogen-bond donors (Lipinski definition) is 2. The molecule has 1 saturated heterocycles. The summed E-state index contributed by atoms with van der Waals surface area (Å²) in [6.45, 7) is 3.68. The van der Waals surface area contributed by atoms with E-state index in [2.05, 4.69) is 20.3 Å². The molecular formula is C35H37N5O6. The van der Waals surface area contributed by atoms with Crippen LogP contribution in [0, 0.1) is 5.92 Å². The molecule has 1 aliphatic rings. The van der Waals surface area contributed by atoms with Crippen molar-refractivity contribution in [3.8, 4) is 11.5 Å². The van der Waals surface area contributed by atoms with Gasteiger partial charge >= 0.3 is 0 Å². The number of nitrogens with zero attached hydrogens (tertiary/aromatic N) is 4. The number of benzene rings is 3. The SMILES string of the molecule is COc1ccc(C(OC[C@H]2O[C@@H](n3cnc4c(NC(=O)C(C)C)ncnc43)C[C@H]2O)(c2ccccc2)c2ccc(OC)cc2)cc1. The highest BCUT2D eigenvalue weighted by Crippen LogP contribution is 2.43. The van der Waals surface area contributed by atoms with E-state index in [1.807, 2.05) is 78.9 Å². The number of aromatic nitrogens is 4. The molecule has 0 radical (unpaired) electrons. The van der Waals surface area contributed by atoms with E-state index in [9.17, 15) is 9.90 Å². The second-order valence-corrected chi connectivity index (χ2v) is 11.4. The fraction of sp³-hybridized carbons (Fsp3) is 0.314. The normalized spacial score (nSPS) is 18.2. The number of nitrogens with one attached hydrogen (secondary N) is 1. The van der Waals surface area contributed by atoms with E-state index in [4.69, 9.17) is 18.9 Å². The number of carbonyl (C=O) groups is 1. The molecule has 6 rings (SSSR count). The highest BCUT2D eigenvalue weighted by molar-refractivity contribution is 5.97. The summed E-state index contributed by atoms with van der Waals surface area (Å²) >= 11 is 0. The van der Waals surface area contributed by atoms with Crippen LogP contribution in [-0.4, -0.2) is 63.6 Å². The number of ether oxygens (including phenoxy) is 4. The largest absolute Gasteiger partial charge is 0.497 e. The second-order valence-electron chi connectivity index (χ2n) is 11.4. The van der Waals surface area contributed by atoms with Crippen LogP contribution < -0.4 is 14.8 Å². The van der Waals surface area contributed by atoms with E-state index in [0.717, 1.165) is 28.2 Å². The number of fused-ring (bicyclic) bond motifs is 1. The molecule has 1 aliphatic heterocycles. The molecule has 1 amide bonds. The summed E-state index contributed by atoms with van der Waals surface area (Å²) in [6, 6.07) is 25.5. The average molecular weight is 624 g/mol. The van der Waals surface area contributed by atoms with E-state index in [0.29, 0.717) is 23.4 Å². The van der Waals surface area contributed by atoms with Gasteiger partial charge in [-0.25, -0.2) is 15.0 Å². The van der Waals surface area contributed by atoms with Crippen molar-refractivity contribution in [3.05, 3.63) is 108 Å². The lowest BCUT2D eigenvalue weighted by molar-refractivity contribution is -0.118. The van der Waals surface area contributed by atoms with E-state index < -0.39 is 24.0 Å². The molecule has 46 heavy (non-hydrogen) atoms. The van der Waals surface area contributed by atoms with Crippen molar-refractivity contribution in [3.63, 3.8) is 0 Å². The zero-order valence-electron chi connectivity index (χ0n) is 26.2. The number of anilines is 1. The molecule has 0 spiro atoms. The lowest BCUT2D eigenvalue weighted by Crippen LogP contribution is -2.38. The summed E-state index contributed by atoms with van der Waals surface area (Å²) in [5.41, 5.74) is 2.53. The minimum Gasteiger partial charge on any atom is -0.497 e. The molecule has 3 aromatic carbocycles. The van der Waals surface area contributed by atoms with Gasteiger partial charge in [-0.1, -0.05) is 68.4 Å². The number of methoxy groups -OCH3 is 2. The lowest BCUT2D eigenvalue weighted by Gasteiger charge is -2.37. The summed E-state index contributed by atoms with van der Waals surface area (Å²) in [7, 11) is 3.26. The van der Waals surface area contributed by atoms with Gasteiger partial charge in [0.2, 0.25) is 5.91 Å². The Morgan fingerprint density at radius 1 is 0.935 bits per heavy atom. The van der Waals surface area contributed by atoms with Crippen molar-refractivity contribution in [2.24, 2.45) is 5.92 Å². The van der Waals surface area contributed by atoms with Gasteiger partial charge < -0.3 is 29.4 Å². The maximum atomic E-state index is 12.3. The Morgan fingerprint density at radius 3 is 2.13 bits per heavy atom. The van der Waals surface area contributed by atoms with Gasteiger partial charge in [-0.2, -0.15) is 0 Å². The highest BCUT2D eigenvalue weighted by atomic mass is 16.6. The van der Waals surface area contributed by atoms with Crippen molar-refractivity contribution >= 4 is 22.9 Å².